The smallest absolute Gasteiger partial charge is 0.305 e. The molecule has 0 saturated carbocycles. The summed E-state index contributed by atoms with van der Waals surface area (Å²) in [6.45, 7) is 0. The van der Waals surface area contributed by atoms with Gasteiger partial charge in [0.05, 0.1) is 6.42 Å². The lowest BCUT2D eigenvalue weighted by molar-refractivity contribution is -0.137. The van der Waals surface area contributed by atoms with Crippen molar-refractivity contribution >= 4 is 34.2 Å². The molecule has 3 aromatic carbocycles. The van der Waals surface area contributed by atoms with Crippen molar-refractivity contribution in [1.29, 1.82) is 0 Å². The fourth-order valence-corrected chi connectivity index (χ4v) is 3.15. The Labute approximate surface area is 156 Å². The van der Waals surface area contributed by atoms with E-state index in [9.17, 15) is 9.59 Å². The van der Waals surface area contributed by atoms with E-state index in [4.69, 9.17) is 16.7 Å². The Kier molecular flexibility index (Phi) is 5.54. The van der Waals surface area contributed by atoms with Gasteiger partial charge in [-0.2, -0.15) is 0 Å². The number of nitrogens with one attached hydrogen (secondary N) is 1. The molecule has 1 atom stereocenters. The van der Waals surface area contributed by atoms with Crippen LogP contribution in [0.5, 0.6) is 0 Å². The monoisotopic (exact) mass is 367 g/mol. The molecule has 0 aliphatic rings. The van der Waals surface area contributed by atoms with Crippen LogP contribution in [0.4, 0.5) is 0 Å². The van der Waals surface area contributed by atoms with Crippen LogP contribution in [0.15, 0.2) is 66.7 Å². The van der Waals surface area contributed by atoms with Crippen LogP contribution in [-0.2, 0) is 11.2 Å². The molecular weight excluding hydrogens is 350 g/mol. The van der Waals surface area contributed by atoms with Crippen molar-refractivity contribution in [3.63, 3.8) is 0 Å². The Bertz CT molecular complexity index is 955. The number of halogens is 1. The van der Waals surface area contributed by atoms with Crippen LogP contribution >= 0.6 is 11.6 Å². The predicted octanol–water partition coefficient (Wildman–Crippen LogP) is 4.31. The maximum atomic E-state index is 12.6. The molecule has 0 fully saturated rings. The van der Waals surface area contributed by atoms with Crippen molar-refractivity contribution in [2.24, 2.45) is 0 Å². The van der Waals surface area contributed by atoms with E-state index >= 15 is 0 Å². The van der Waals surface area contributed by atoms with Crippen molar-refractivity contribution in [2.75, 3.05) is 0 Å². The van der Waals surface area contributed by atoms with E-state index in [0.29, 0.717) is 17.0 Å². The first-order valence-corrected chi connectivity index (χ1v) is 8.65. The summed E-state index contributed by atoms with van der Waals surface area (Å²) in [4.78, 5) is 23.8. The standard InChI is InChI=1S/C21H18ClNO3/c22-18-7-3-4-14(10-18)11-19(13-20(24)25)23-21(26)17-9-8-15-5-1-2-6-16(15)12-17/h1-10,12,19H,11,13H2,(H,23,26)(H,24,25)/t19-/m1/s1. The minimum absolute atomic E-state index is 0.161. The molecule has 132 valence electrons. The zero-order valence-electron chi connectivity index (χ0n) is 14.0. The Morgan fingerprint density at radius 2 is 1.73 bits per heavy atom. The number of benzene rings is 3. The van der Waals surface area contributed by atoms with Gasteiger partial charge in [0.15, 0.2) is 0 Å². The zero-order chi connectivity index (χ0) is 18.5. The van der Waals surface area contributed by atoms with E-state index in [0.717, 1.165) is 16.3 Å². The predicted molar refractivity (Wildman–Crippen MR) is 103 cm³/mol. The highest BCUT2D eigenvalue weighted by molar-refractivity contribution is 6.30. The number of carboxylic acid groups (broad SMARTS) is 1. The fourth-order valence-electron chi connectivity index (χ4n) is 2.93. The molecule has 0 aromatic heterocycles. The number of hydrogen-bond acceptors (Lipinski definition) is 2. The quantitative estimate of drug-likeness (QED) is 0.682. The molecule has 3 aromatic rings. The summed E-state index contributed by atoms with van der Waals surface area (Å²) >= 11 is 5.99. The highest BCUT2D eigenvalue weighted by atomic mass is 35.5. The Morgan fingerprint density at radius 1 is 0.962 bits per heavy atom. The lowest BCUT2D eigenvalue weighted by Gasteiger charge is -2.17. The van der Waals surface area contributed by atoms with Crippen LogP contribution < -0.4 is 5.32 Å². The third kappa shape index (κ3) is 4.61. The second kappa shape index (κ2) is 8.02. The minimum Gasteiger partial charge on any atom is -0.481 e. The summed E-state index contributed by atoms with van der Waals surface area (Å²) in [6, 6.07) is 19.9. The van der Waals surface area contributed by atoms with E-state index in [-0.39, 0.29) is 12.3 Å². The van der Waals surface area contributed by atoms with Gasteiger partial charge in [0, 0.05) is 16.6 Å². The van der Waals surface area contributed by atoms with Crippen molar-refractivity contribution in [2.45, 2.75) is 18.9 Å². The van der Waals surface area contributed by atoms with Gasteiger partial charge in [-0.3, -0.25) is 9.59 Å². The van der Waals surface area contributed by atoms with E-state index < -0.39 is 12.0 Å². The Balaban J connectivity index is 1.78. The summed E-state index contributed by atoms with van der Waals surface area (Å²) in [5.41, 5.74) is 1.38. The number of aliphatic carboxylic acids is 1. The summed E-state index contributed by atoms with van der Waals surface area (Å²) in [6.07, 6.45) is 0.234. The van der Waals surface area contributed by atoms with E-state index in [1.807, 2.05) is 42.5 Å². The molecule has 0 bridgehead atoms. The van der Waals surface area contributed by atoms with Gasteiger partial charge in [0.1, 0.15) is 0 Å². The van der Waals surface area contributed by atoms with E-state index in [1.165, 1.54) is 0 Å². The molecule has 2 N–H and O–H groups in total. The minimum atomic E-state index is -0.962. The molecule has 0 unspecified atom stereocenters. The summed E-state index contributed by atoms with van der Waals surface area (Å²) in [5, 5.41) is 14.6. The van der Waals surface area contributed by atoms with Crippen molar-refractivity contribution in [1.82, 2.24) is 5.32 Å². The van der Waals surface area contributed by atoms with Crippen LogP contribution in [-0.4, -0.2) is 23.0 Å². The van der Waals surface area contributed by atoms with Crippen molar-refractivity contribution in [3.05, 3.63) is 82.9 Å². The van der Waals surface area contributed by atoms with Crippen molar-refractivity contribution < 1.29 is 14.7 Å². The number of rotatable bonds is 6. The molecule has 0 aliphatic heterocycles. The largest absolute Gasteiger partial charge is 0.481 e. The van der Waals surface area contributed by atoms with Gasteiger partial charge in [-0.25, -0.2) is 0 Å². The molecule has 0 heterocycles. The van der Waals surface area contributed by atoms with Gasteiger partial charge < -0.3 is 10.4 Å². The molecular formula is C21H18ClNO3. The van der Waals surface area contributed by atoms with Gasteiger partial charge in [-0.05, 0) is 47.0 Å². The average Bonchev–Trinajstić information content (AvgIpc) is 2.60. The zero-order valence-corrected chi connectivity index (χ0v) is 14.7. The van der Waals surface area contributed by atoms with E-state index in [1.54, 1.807) is 24.3 Å². The number of fused-ring (bicyclic) bond motifs is 1. The molecule has 0 radical (unpaired) electrons. The second-order valence-corrected chi connectivity index (χ2v) is 6.60. The first-order valence-electron chi connectivity index (χ1n) is 8.27. The van der Waals surface area contributed by atoms with Gasteiger partial charge >= 0.3 is 5.97 Å². The first-order chi connectivity index (χ1) is 12.5. The Hall–Kier alpha value is -2.85. The Morgan fingerprint density at radius 3 is 2.46 bits per heavy atom. The molecule has 26 heavy (non-hydrogen) atoms. The van der Waals surface area contributed by atoms with Gasteiger partial charge in [-0.15, -0.1) is 0 Å². The van der Waals surface area contributed by atoms with Gasteiger partial charge in [0.25, 0.3) is 5.91 Å². The maximum absolute atomic E-state index is 12.6. The van der Waals surface area contributed by atoms with Gasteiger partial charge in [-0.1, -0.05) is 54.1 Å². The second-order valence-electron chi connectivity index (χ2n) is 6.16. The molecule has 0 spiro atoms. The lowest BCUT2D eigenvalue weighted by atomic mass is 10.0. The first kappa shape index (κ1) is 18.0. The van der Waals surface area contributed by atoms with Crippen molar-refractivity contribution in [3.8, 4) is 0 Å². The van der Waals surface area contributed by atoms with E-state index in [2.05, 4.69) is 5.32 Å². The summed E-state index contributed by atoms with van der Waals surface area (Å²) in [5.74, 6) is -1.25. The summed E-state index contributed by atoms with van der Waals surface area (Å²) < 4.78 is 0. The highest BCUT2D eigenvalue weighted by Crippen LogP contribution is 2.17. The average molecular weight is 368 g/mol. The van der Waals surface area contributed by atoms with Crippen LogP contribution in [0.25, 0.3) is 10.8 Å². The van der Waals surface area contributed by atoms with Crippen LogP contribution in [0.2, 0.25) is 5.02 Å². The van der Waals surface area contributed by atoms with Gasteiger partial charge in [0.2, 0.25) is 0 Å². The lowest BCUT2D eigenvalue weighted by Crippen LogP contribution is -2.38. The summed E-state index contributed by atoms with van der Waals surface area (Å²) in [7, 11) is 0. The topological polar surface area (TPSA) is 66.4 Å². The molecule has 1 amide bonds. The third-order valence-corrected chi connectivity index (χ3v) is 4.37. The van der Waals surface area contributed by atoms with Crippen LogP contribution in [0.1, 0.15) is 22.3 Å². The number of carbonyl (C=O) groups is 2. The number of carboxylic acids is 1. The van der Waals surface area contributed by atoms with Crippen LogP contribution in [0, 0.1) is 0 Å². The normalized spacial score (nSPS) is 11.9. The molecule has 4 nitrogen and oxygen atoms in total. The maximum Gasteiger partial charge on any atom is 0.305 e. The number of hydrogen-bond donors (Lipinski definition) is 2. The number of amides is 1. The molecule has 0 saturated heterocycles. The number of carbonyl (C=O) groups excluding carboxylic acids is 1. The fraction of sp³-hybridized carbons (Fsp3) is 0.143. The van der Waals surface area contributed by atoms with Crippen LogP contribution in [0.3, 0.4) is 0 Å². The molecule has 3 rings (SSSR count). The molecule has 5 heteroatoms. The SMILES string of the molecule is O=C(O)C[C@@H](Cc1cccc(Cl)c1)NC(=O)c1ccc2ccccc2c1. The highest BCUT2D eigenvalue weighted by Gasteiger charge is 2.18. The third-order valence-electron chi connectivity index (χ3n) is 4.14. The molecule has 0 aliphatic carbocycles.